The monoisotopic (exact) mass is 378 g/mol. The lowest BCUT2D eigenvalue weighted by molar-refractivity contribution is 0.251. The van der Waals surface area contributed by atoms with E-state index >= 15 is 0 Å². The van der Waals surface area contributed by atoms with Gasteiger partial charge in [0.05, 0.1) is 10.4 Å². The summed E-state index contributed by atoms with van der Waals surface area (Å²) in [6, 6.07) is 1.69. The molecule has 3 N–H and O–H groups in total. The van der Waals surface area contributed by atoms with Gasteiger partial charge in [0.15, 0.2) is 0 Å². The van der Waals surface area contributed by atoms with E-state index in [1.54, 1.807) is 12.3 Å². The van der Waals surface area contributed by atoms with E-state index in [1.807, 2.05) is 6.92 Å². The van der Waals surface area contributed by atoms with Crippen LogP contribution < -0.4 is 5.73 Å². The molecule has 1 fully saturated rings. The number of sulfonamides is 1. The Morgan fingerprint density at radius 3 is 2.70 bits per heavy atom. The molecule has 23 heavy (non-hydrogen) atoms. The van der Waals surface area contributed by atoms with Crippen LogP contribution in [0.4, 0.5) is 0 Å². The first-order chi connectivity index (χ1) is 10.4. The van der Waals surface area contributed by atoms with E-state index in [4.69, 9.17) is 17.3 Å². The Labute approximate surface area is 146 Å². The molecule has 0 saturated carbocycles. The molecular formula is C14H20Cl2N4O2S. The third kappa shape index (κ3) is 3.34. The Morgan fingerprint density at radius 1 is 1.43 bits per heavy atom. The Hall–Kier alpha value is -0.860. The summed E-state index contributed by atoms with van der Waals surface area (Å²) in [5.41, 5.74) is 6.39. The minimum absolute atomic E-state index is 0. The molecule has 0 aliphatic carbocycles. The van der Waals surface area contributed by atoms with E-state index < -0.39 is 10.0 Å². The topological polar surface area (TPSA) is 92.1 Å². The average Bonchev–Trinajstić information content (AvgIpc) is 2.93. The molecule has 0 aromatic carbocycles. The summed E-state index contributed by atoms with van der Waals surface area (Å²) in [5, 5.41) is 0.841. The lowest BCUT2D eigenvalue weighted by Gasteiger charge is -2.32. The summed E-state index contributed by atoms with van der Waals surface area (Å²) in [6.45, 7) is 2.94. The van der Waals surface area contributed by atoms with Gasteiger partial charge in [-0.3, -0.25) is 0 Å². The van der Waals surface area contributed by atoms with Gasteiger partial charge < -0.3 is 10.7 Å². The normalized spacial score (nSPS) is 18.7. The molecule has 0 radical (unpaired) electrons. The van der Waals surface area contributed by atoms with Crippen LogP contribution in [0.15, 0.2) is 23.4 Å². The third-order valence-electron chi connectivity index (χ3n) is 4.35. The number of nitrogens with one attached hydrogen (secondary N) is 1. The quantitative estimate of drug-likeness (QED) is 0.857. The minimum atomic E-state index is -3.58. The molecule has 3 rings (SSSR count). The van der Waals surface area contributed by atoms with Crippen molar-refractivity contribution in [1.29, 1.82) is 0 Å². The summed E-state index contributed by atoms with van der Waals surface area (Å²) in [4.78, 5) is 7.19. The Bertz CT molecular complexity index is 783. The van der Waals surface area contributed by atoms with Crippen LogP contribution in [0.25, 0.3) is 11.0 Å². The van der Waals surface area contributed by atoms with Gasteiger partial charge in [-0.2, -0.15) is 4.31 Å². The summed E-state index contributed by atoms with van der Waals surface area (Å²) in [5.74, 6) is 0.375. The smallest absolute Gasteiger partial charge is 0.245 e. The van der Waals surface area contributed by atoms with Gasteiger partial charge in [-0.25, -0.2) is 13.4 Å². The molecule has 0 amide bonds. The predicted molar refractivity (Wildman–Crippen MR) is 93.5 cm³/mol. The highest BCUT2D eigenvalue weighted by molar-refractivity contribution is 7.89. The fraction of sp³-hybridized carbons (Fsp3) is 0.500. The Balaban J connectivity index is 0.00000192. The van der Waals surface area contributed by atoms with Crippen LogP contribution in [-0.2, 0) is 10.0 Å². The molecule has 1 unspecified atom stereocenters. The van der Waals surface area contributed by atoms with Crippen molar-refractivity contribution in [2.75, 3.05) is 13.1 Å². The van der Waals surface area contributed by atoms with E-state index in [0.717, 1.165) is 12.8 Å². The fourth-order valence-electron chi connectivity index (χ4n) is 2.97. The van der Waals surface area contributed by atoms with Crippen molar-refractivity contribution in [2.24, 2.45) is 11.7 Å². The predicted octanol–water partition coefficient (Wildman–Crippen LogP) is 2.39. The Kier molecular flexibility index (Phi) is 5.58. The number of nitrogens with zero attached hydrogens (tertiary/aromatic N) is 2. The molecule has 1 atom stereocenters. The first-order valence-corrected chi connectivity index (χ1v) is 9.10. The number of H-pyrrole nitrogens is 1. The first-order valence-electron chi connectivity index (χ1n) is 7.28. The largest absolute Gasteiger partial charge is 0.345 e. The highest BCUT2D eigenvalue weighted by atomic mass is 35.5. The maximum atomic E-state index is 12.9. The highest BCUT2D eigenvalue weighted by Gasteiger charge is 2.32. The maximum absolute atomic E-state index is 12.9. The number of hydrogen-bond acceptors (Lipinski definition) is 4. The van der Waals surface area contributed by atoms with Crippen LogP contribution in [0.5, 0.6) is 0 Å². The SMILES string of the molecule is CC(N)C1CCN(S(=O)(=O)c2c[nH]c3nccc(Cl)c23)CC1.Cl. The van der Waals surface area contributed by atoms with Crippen LogP contribution in [0, 0.1) is 5.92 Å². The lowest BCUT2D eigenvalue weighted by Crippen LogP contribution is -2.42. The number of nitrogens with two attached hydrogens (primary N) is 1. The van der Waals surface area contributed by atoms with Crippen LogP contribution >= 0.6 is 24.0 Å². The van der Waals surface area contributed by atoms with Crippen molar-refractivity contribution < 1.29 is 8.42 Å². The van der Waals surface area contributed by atoms with Gasteiger partial charge in [-0.1, -0.05) is 11.6 Å². The zero-order chi connectivity index (χ0) is 15.9. The number of pyridine rings is 1. The first kappa shape index (κ1) is 18.5. The number of rotatable bonds is 3. The summed E-state index contributed by atoms with van der Waals surface area (Å²) >= 11 is 6.15. The molecule has 0 bridgehead atoms. The van der Waals surface area contributed by atoms with Crippen molar-refractivity contribution in [2.45, 2.75) is 30.7 Å². The van der Waals surface area contributed by atoms with E-state index in [2.05, 4.69) is 9.97 Å². The van der Waals surface area contributed by atoms with Crippen molar-refractivity contribution in [3.63, 3.8) is 0 Å². The molecule has 1 aliphatic heterocycles. The average molecular weight is 379 g/mol. The fourth-order valence-corrected chi connectivity index (χ4v) is 4.92. The molecule has 1 saturated heterocycles. The van der Waals surface area contributed by atoms with Gasteiger partial charge in [0.25, 0.3) is 0 Å². The number of hydrogen-bond donors (Lipinski definition) is 2. The van der Waals surface area contributed by atoms with Crippen molar-refractivity contribution in [3.8, 4) is 0 Å². The molecule has 9 heteroatoms. The second-order valence-electron chi connectivity index (χ2n) is 5.77. The van der Waals surface area contributed by atoms with Crippen LogP contribution in [-0.4, -0.2) is 41.8 Å². The van der Waals surface area contributed by atoms with Gasteiger partial charge in [-0.05, 0) is 31.7 Å². The third-order valence-corrected chi connectivity index (χ3v) is 6.58. The number of halogens is 2. The number of fused-ring (bicyclic) bond motifs is 1. The van der Waals surface area contributed by atoms with Crippen LogP contribution in [0.1, 0.15) is 19.8 Å². The van der Waals surface area contributed by atoms with E-state index in [1.165, 1.54) is 10.5 Å². The summed E-state index contributed by atoms with van der Waals surface area (Å²) in [7, 11) is -3.58. The standard InChI is InChI=1S/C14H19ClN4O2S.ClH/c1-9(16)10-3-6-19(7-4-10)22(20,21)12-8-18-14-13(12)11(15)2-5-17-14;/h2,5,8-10H,3-4,6-7,16H2,1H3,(H,17,18);1H. The van der Waals surface area contributed by atoms with Crippen molar-refractivity contribution in [3.05, 3.63) is 23.5 Å². The zero-order valence-corrected chi connectivity index (χ0v) is 15.1. The second-order valence-corrected chi connectivity index (χ2v) is 8.08. The maximum Gasteiger partial charge on any atom is 0.245 e. The molecular weight excluding hydrogens is 359 g/mol. The van der Waals surface area contributed by atoms with E-state index in [-0.39, 0.29) is 23.3 Å². The summed E-state index contributed by atoms with van der Waals surface area (Å²) < 4.78 is 27.3. The highest BCUT2D eigenvalue weighted by Crippen LogP contribution is 2.32. The number of aromatic amines is 1. The molecule has 6 nitrogen and oxygen atoms in total. The molecule has 2 aromatic heterocycles. The second kappa shape index (κ2) is 6.94. The van der Waals surface area contributed by atoms with Gasteiger partial charge >= 0.3 is 0 Å². The van der Waals surface area contributed by atoms with Gasteiger partial charge in [0.2, 0.25) is 10.0 Å². The van der Waals surface area contributed by atoms with Gasteiger partial charge in [0, 0.05) is 31.5 Å². The number of aromatic nitrogens is 2. The molecule has 128 valence electrons. The molecule has 3 heterocycles. The zero-order valence-electron chi connectivity index (χ0n) is 12.7. The Morgan fingerprint density at radius 2 is 2.09 bits per heavy atom. The van der Waals surface area contributed by atoms with E-state index in [9.17, 15) is 8.42 Å². The molecule has 1 aliphatic rings. The lowest BCUT2D eigenvalue weighted by atomic mass is 9.92. The summed E-state index contributed by atoms with van der Waals surface area (Å²) in [6.07, 6.45) is 4.58. The molecule has 2 aromatic rings. The number of piperidine rings is 1. The van der Waals surface area contributed by atoms with Gasteiger partial charge in [-0.15, -0.1) is 12.4 Å². The minimum Gasteiger partial charge on any atom is -0.345 e. The molecule has 0 spiro atoms. The van der Waals surface area contributed by atoms with E-state index in [0.29, 0.717) is 35.1 Å². The van der Waals surface area contributed by atoms with Crippen molar-refractivity contribution >= 4 is 45.1 Å². The van der Waals surface area contributed by atoms with Crippen LogP contribution in [0.3, 0.4) is 0 Å². The van der Waals surface area contributed by atoms with Gasteiger partial charge in [0.1, 0.15) is 10.5 Å². The van der Waals surface area contributed by atoms with Crippen molar-refractivity contribution in [1.82, 2.24) is 14.3 Å². The van der Waals surface area contributed by atoms with Crippen LogP contribution in [0.2, 0.25) is 5.02 Å².